The zero-order valence-electron chi connectivity index (χ0n) is 61.2. The SMILES string of the molecule is CC(C)(C)c1ccc(-c2cc3c4c(c2)c2cc(-c5ccccc5)ccc2n4-c2cc(-c4cc(-c5cc(C(C)(C)C)cc(C(C)(C)C)c5)nc(-c5cc(C(C)(C)C)cc(C(C)(C)C)c5)n4)cc4c2B3c2cc(-c3ccc(C(C)(C)C)cc3)cc3c5cc(-c6ccccc6)ccc5n-4c23)cc1. The summed E-state index contributed by atoms with van der Waals surface area (Å²) in [6.45, 7) is 41.6. The van der Waals surface area contributed by atoms with Gasteiger partial charge in [0.2, 0.25) is 0 Å². The highest BCUT2D eigenvalue weighted by atomic mass is 15.0. The minimum Gasteiger partial charge on any atom is -0.310 e. The third-order valence-corrected chi connectivity index (χ3v) is 21.6. The maximum Gasteiger partial charge on any atom is 0.252 e. The van der Waals surface area contributed by atoms with Gasteiger partial charge in [0.15, 0.2) is 5.82 Å². The highest BCUT2D eigenvalue weighted by molar-refractivity contribution is 7.00. The molecule has 0 aliphatic carbocycles. The number of hydrogen-bond donors (Lipinski definition) is 0. The molecule has 11 aromatic carbocycles. The zero-order chi connectivity index (χ0) is 69.4. The second kappa shape index (κ2) is 22.3. The lowest BCUT2D eigenvalue weighted by Crippen LogP contribution is -2.59. The monoisotopic (exact) mass is 1290 g/mol. The minimum absolute atomic E-state index is 0.00966. The van der Waals surface area contributed by atoms with Gasteiger partial charge in [-0.05, 0) is 206 Å². The van der Waals surface area contributed by atoms with Crippen molar-refractivity contribution in [3.05, 3.63) is 258 Å². The van der Waals surface area contributed by atoms with Crippen LogP contribution in [0.15, 0.2) is 224 Å². The average Bonchev–Trinajstić information content (AvgIpc) is 1.61. The summed E-state index contributed by atoms with van der Waals surface area (Å²) in [6.07, 6.45) is 0. The summed E-state index contributed by atoms with van der Waals surface area (Å²) < 4.78 is 5.29. The summed E-state index contributed by atoms with van der Waals surface area (Å²) in [5.74, 6) is 0.716. The van der Waals surface area contributed by atoms with Crippen LogP contribution in [-0.4, -0.2) is 25.8 Å². The van der Waals surface area contributed by atoms with E-state index < -0.39 is 0 Å². The molecule has 99 heavy (non-hydrogen) atoms. The Morgan fingerprint density at radius 3 is 0.939 bits per heavy atom. The lowest BCUT2D eigenvalue weighted by atomic mass is 9.34. The summed E-state index contributed by atoms with van der Waals surface area (Å²) in [5, 5.41) is 4.93. The zero-order valence-corrected chi connectivity index (χ0v) is 61.2. The fourth-order valence-electron chi connectivity index (χ4n) is 15.6. The van der Waals surface area contributed by atoms with Crippen molar-refractivity contribution in [1.82, 2.24) is 19.1 Å². The Balaban J connectivity index is 1.06. The molecule has 0 fully saturated rings. The molecule has 16 rings (SSSR count). The molecule has 0 radical (unpaired) electrons. The molecule has 0 atom stereocenters. The van der Waals surface area contributed by atoms with Gasteiger partial charge in [0.05, 0.1) is 22.4 Å². The summed E-state index contributed by atoms with van der Waals surface area (Å²) in [4.78, 5) is 11.7. The Labute approximate surface area is 587 Å². The number of rotatable bonds is 7. The topological polar surface area (TPSA) is 35.6 Å². The Morgan fingerprint density at radius 1 is 0.253 bits per heavy atom. The van der Waals surface area contributed by atoms with Crippen molar-refractivity contribution in [1.29, 1.82) is 0 Å². The smallest absolute Gasteiger partial charge is 0.252 e. The van der Waals surface area contributed by atoms with Crippen LogP contribution >= 0.6 is 0 Å². The van der Waals surface area contributed by atoms with Crippen LogP contribution in [0.3, 0.4) is 0 Å². The van der Waals surface area contributed by atoms with E-state index in [1.165, 1.54) is 138 Å². The van der Waals surface area contributed by atoms with Gasteiger partial charge < -0.3 is 9.13 Å². The van der Waals surface area contributed by atoms with Gasteiger partial charge in [0.25, 0.3) is 6.71 Å². The molecular formula is C94H91BN4. The van der Waals surface area contributed by atoms with E-state index in [1.54, 1.807) is 0 Å². The van der Waals surface area contributed by atoms with Gasteiger partial charge >= 0.3 is 0 Å². The van der Waals surface area contributed by atoms with Crippen LogP contribution in [0.5, 0.6) is 0 Å². The average molecular weight is 1290 g/mol. The lowest BCUT2D eigenvalue weighted by molar-refractivity contribution is 0.568. The van der Waals surface area contributed by atoms with Crippen LogP contribution in [0.25, 0.3) is 133 Å². The third kappa shape index (κ3) is 11.0. The van der Waals surface area contributed by atoms with Gasteiger partial charge in [-0.1, -0.05) is 270 Å². The van der Waals surface area contributed by atoms with Crippen molar-refractivity contribution >= 4 is 66.7 Å². The lowest BCUT2D eigenvalue weighted by Gasteiger charge is -2.34. The summed E-state index contributed by atoms with van der Waals surface area (Å²) in [6, 6.07) is 86.8. The van der Waals surface area contributed by atoms with Gasteiger partial charge in [-0.15, -0.1) is 0 Å². The van der Waals surface area contributed by atoms with Crippen LogP contribution in [0, 0.1) is 0 Å². The highest BCUT2D eigenvalue weighted by Gasteiger charge is 2.43. The van der Waals surface area contributed by atoms with Crippen LogP contribution in [0.4, 0.5) is 0 Å². The molecule has 0 amide bonds. The number of fused-ring (bicyclic) bond motifs is 10. The molecule has 2 aliphatic rings. The molecule has 0 N–H and O–H groups in total. The van der Waals surface area contributed by atoms with E-state index >= 15 is 0 Å². The molecule has 5 heterocycles. The second-order valence-corrected chi connectivity index (χ2v) is 34.9. The Kier molecular flexibility index (Phi) is 14.4. The highest BCUT2D eigenvalue weighted by Crippen LogP contribution is 2.46. The first-order valence-electron chi connectivity index (χ1n) is 35.8. The van der Waals surface area contributed by atoms with Crippen LogP contribution < -0.4 is 16.4 Å². The second-order valence-electron chi connectivity index (χ2n) is 34.9. The number of aromatic nitrogens is 4. The number of benzene rings is 11. The maximum absolute atomic E-state index is 5.93. The van der Waals surface area contributed by atoms with Gasteiger partial charge in [-0.25, -0.2) is 9.97 Å². The Bertz CT molecular complexity index is 5210. The maximum atomic E-state index is 5.93. The summed E-state index contributed by atoms with van der Waals surface area (Å²) >= 11 is 0. The van der Waals surface area contributed by atoms with Crippen molar-refractivity contribution < 1.29 is 0 Å². The fourth-order valence-corrected chi connectivity index (χ4v) is 15.6. The molecule has 0 spiro atoms. The van der Waals surface area contributed by atoms with Gasteiger partial charge in [0.1, 0.15) is 0 Å². The molecule has 3 aromatic heterocycles. The first kappa shape index (κ1) is 63.9. The van der Waals surface area contributed by atoms with Crippen LogP contribution in [0.2, 0.25) is 0 Å². The van der Waals surface area contributed by atoms with Crippen molar-refractivity contribution in [3.63, 3.8) is 0 Å². The molecule has 490 valence electrons. The van der Waals surface area contributed by atoms with Crippen molar-refractivity contribution in [2.75, 3.05) is 0 Å². The van der Waals surface area contributed by atoms with Gasteiger partial charge in [-0.2, -0.15) is 0 Å². The Hall–Kier alpha value is -9.84. The van der Waals surface area contributed by atoms with Crippen molar-refractivity contribution in [2.24, 2.45) is 0 Å². The Morgan fingerprint density at radius 2 is 0.576 bits per heavy atom. The molecule has 0 bridgehead atoms. The van der Waals surface area contributed by atoms with E-state index in [0.717, 1.165) is 39.5 Å². The third-order valence-electron chi connectivity index (χ3n) is 21.6. The van der Waals surface area contributed by atoms with Crippen molar-refractivity contribution in [2.45, 2.75) is 157 Å². The quantitative estimate of drug-likeness (QED) is 0.149. The first-order valence-corrected chi connectivity index (χ1v) is 35.8. The molecule has 0 unspecified atom stereocenters. The molecule has 5 heteroatoms. The molecule has 0 saturated heterocycles. The largest absolute Gasteiger partial charge is 0.310 e. The minimum atomic E-state index is -0.170. The molecule has 2 aliphatic heterocycles. The summed E-state index contributed by atoms with van der Waals surface area (Å²) in [5.41, 5.74) is 32.8. The van der Waals surface area contributed by atoms with E-state index in [-0.39, 0.29) is 39.2 Å². The van der Waals surface area contributed by atoms with Crippen LogP contribution in [-0.2, 0) is 32.5 Å². The predicted molar refractivity (Wildman–Crippen MR) is 426 cm³/mol. The fraction of sp³-hybridized carbons (Fsp3) is 0.255. The molecule has 4 nitrogen and oxygen atoms in total. The van der Waals surface area contributed by atoms with Crippen molar-refractivity contribution in [3.8, 4) is 89.8 Å². The van der Waals surface area contributed by atoms with E-state index in [2.05, 4.69) is 358 Å². The first-order chi connectivity index (χ1) is 46.8. The van der Waals surface area contributed by atoms with E-state index in [4.69, 9.17) is 9.97 Å². The molecular weight excluding hydrogens is 1200 g/mol. The predicted octanol–water partition coefficient (Wildman–Crippen LogP) is 23.3. The number of hydrogen-bond acceptors (Lipinski definition) is 2. The van der Waals surface area contributed by atoms with E-state index in [0.29, 0.717) is 5.82 Å². The van der Waals surface area contributed by atoms with Gasteiger partial charge in [0, 0.05) is 60.6 Å². The van der Waals surface area contributed by atoms with E-state index in [1.807, 2.05) is 0 Å². The standard InChI is InChI=1S/C94H91BN4/c1-89(2,3)67-35-29-58(30-36-67)62-47-75-73-45-60(56-25-21-19-22-26-56)33-39-81(73)98-83-51-65(80-55-79(64-41-69(91(7,8)9)53-70(42-64)92(10,11)12)96-88(97-80)66-43-71(93(13,14)15)54-72(44-66)94(16,17)18)52-84-85(83)95(77(49-62)86(75)98)78-50-63(59-31-37-68(38-32-59)90(4,5)6)48-76-74-46-61(57-27-23-20-24-28-57)34-40-82(74)99(84)87(76)78/h19-55H,1-18H3. The molecule has 0 saturated carbocycles. The van der Waals surface area contributed by atoms with Crippen LogP contribution in [0.1, 0.15) is 158 Å². The summed E-state index contributed by atoms with van der Waals surface area (Å²) in [7, 11) is 0. The normalized spacial score (nSPS) is 13.3. The van der Waals surface area contributed by atoms with E-state index in [9.17, 15) is 0 Å². The number of nitrogens with zero attached hydrogens (tertiary/aromatic N) is 4. The van der Waals surface area contributed by atoms with Gasteiger partial charge in [-0.3, -0.25) is 0 Å². The molecule has 14 aromatic rings.